The third-order valence-corrected chi connectivity index (χ3v) is 7.59. The van der Waals surface area contributed by atoms with E-state index in [1.54, 1.807) is 48.5 Å². The molecule has 0 saturated heterocycles. The van der Waals surface area contributed by atoms with Crippen molar-refractivity contribution in [1.82, 2.24) is 10.6 Å². The fourth-order valence-electron chi connectivity index (χ4n) is 5.09. The van der Waals surface area contributed by atoms with Crippen LogP contribution in [0.1, 0.15) is 52.1 Å². The second-order valence-electron chi connectivity index (χ2n) is 11.4. The number of ketones is 2. The Bertz CT molecular complexity index is 1610. The maximum atomic E-state index is 13.0. The highest BCUT2D eigenvalue weighted by atomic mass is 16.5. The van der Waals surface area contributed by atoms with Crippen molar-refractivity contribution in [3.8, 4) is 11.5 Å². The Hall–Kier alpha value is -5.28. The fourth-order valence-corrected chi connectivity index (χ4v) is 5.09. The van der Waals surface area contributed by atoms with E-state index in [1.807, 2.05) is 60.7 Å². The number of carbonyl (C=O) groups is 4. The van der Waals surface area contributed by atoms with Crippen LogP contribution in [0.4, 0.5) is 0 Å². The van der Waals surface area contributed by atoms with E-state index in [0.29, 0.717) is 35.5 Å². The molecule has 3 N–H and O–H groups in total. The van der Waals surface area contributed by atoms with Crippen molar-refractivity contribution in [1.29, 1.82) is 0 Å². The molecule has 0 heterocycles. The first-order valence-electron chi connectivity index (χ1n) is 15.5. The zero-order valence-corrected chi connectivity index (χ0v) is 26.6. The molecule has 47 heavy (non-hydrogen) atoms. The number of aliphatic hydroxyl groups is 1. The Kier molecular flexibility index (Phi) is 12.8. The van der Waals surface area contributed by atoms with Crippen molar-refractivity contribution in [2.45, 2.75) is 51.3 Å². The number of ether oxygens (including phenoxy) is 2. The van der Waals surface area contributed by atoms with Crippen LogP contribution in [-0.2, 0) is 22.4 Å². The molecule has 244 valence electrons. The molecule has 0 unspecified atom stereocenters. The molecule has 0 bridgehead atoms. The summed E-state index contributed by atoms with van der Waals surface area (Å²) in [5.74, 6) is -0.0384. The van der Waals surface area contributed by atoms with Crippen molar-refractivity contribution in [2.75, 3.05) is 13.2 Å². The van der Waals surface area contributed by atoms with Crippen molar-refractivity contribution in [3.05, 3.63) is 131 Å². The molecule has 0 aliphatic heterocycles. The minimum Gasteiger partial charge on any atom is -0.484 e. The van der Waals surface area contributed by atoms with E-state index < -0.39 is 24.1 Å². The van der Waals surface area contributed by atoms with Crippen LogP contribution < -0.4 is 20.1 Å². The summed E-state index contributed by atoms with van der Waals surface area (Å²) in [5.41, 5.74) is 2.98. The lowest BCUT2D eigenvalue weighted by atomic mass is 9.93. The molecule has 0 saturated carbocycles. The summed E-state index contributed by atoms with van der Waals surface area (Å²) in [6, 6.07) is 31.0. The van der Waals surface area contributed by atoms with Gasteiger partial charge in [-0.15, -0.1) is 0 Å². The highest BCUT2D eigenvalue weighted by molar-refractivity contribution is 5.94. The Morgan fingerprint density at radius 2 is 1.02 bits per heavy atom. The van der Waals surface area contributed by atoms with Gasteiger partial charge in [-0.05, 0) is 92.8 Å². The summed E-state index contributed by atoms with van der Waals surface area (Å²) in [7, 11) is 0. The molecular weight excluding hydrogens is 596 g/mol. The molecular formula is C38H40N2O7. The van der Waals surface area contributed by atoms with Crippen LogP contribution in [0.15, 0.2) is 109 Å². The van der Waals surface area contributed by atoms with E-state index in [9.17, 15) is 24.3 Å². The van der Waals surface area contributed by atoms with Gasteiger partial charge < -0.3 is 25.2 Å². The lowest BCUT2D eigenvalue weighted by Gasteiger charge is -2.28. The molecule has 0 radical (unpaired) electrons. The van der Waals surface area contributed by atoms with Gasteiger partial charge in [0.25, 0.3) is 11.8 Å². The molecule has 4 aromatic rings. The number of benzene rings is 4. The number of Topliss-reactive ketones (excluding diaryl/α,β-unsaturated/α-hetero) is 2. The van der Waals surface area contributed by atoms with Crippen LogP contribution in [-0.4, -0.2) is 59.9 Å². The molecule has 0 aromatic heterocycles. The highest BCUT2D eigenvalue weighted by Gasteiger charge is 2.26. The number of rotatable bonds is 17. The highest BCUT2D eigenvalue weighted by Crippen LogP contribution is 2.16. The van der Waals surface area contributed by atoms with Crippen LogP contribution in [0.5, 0.6) is 11.5 Å². The quantitative estimate of drug-likeness (QED) is 0.143. The van der Waals surface area contributed by atoms with E-state index in [0.717, 1.165) is 11.1 Å². The average Bonchev–Trinajstić information content (AvgIpc) is 3.07. The maximum Gasteiger partial charge on any atom is 0.258 e. The monoisotopic (exact) mass is 636 g/mol. The normalized spacial score (nSPS) is 12.7. The molecule has 0 aliphatic carbocycles. The van der Waals surface area contributed by atoms with E-state index in [-0.39, 0.29) is 37.1 Å². The van der Waals surface area contributed by atoms with Gasteiger partial charge in [-0.3, -0.25) is 19.2 Å². The molecule has 2 amide bonds. The van der Waals surface area contributed by atoms with Gasteiger partial charge in [0, 0.05) is 17.2 Å². The molecule has 9 heteroatoms. The van der Waals surface area contributed by atoms with Crippen LogP contribution in [0.3, 0.4) is 0 Å². The fraction of sp³-hybridized carbons (Fsp3) is 0.263. The molecule has 0 spiro atoms. The van der Waals surface area contributed by atoms with E-state index >= 15 is 0 Å². The second kappa shape index (κ2) is 17.4. The van der Waals surface area contributed by atoms with E-state index in [2.05, 4.69) is 10.6 Å². The lowest BCUT2D eigenvalue weighted by Crippen LogP contribution is -2.50. The van der Waals surface area contributed by atoms with Crippen molar-refractivity contribution < 1.29 is 33.8 Å². The third-order valence-electron chi connectivity index (χ3n) is 7.59. The summed E-state index contributed by atoms with van der Waals surface area (Å²) in [6.07, 6.45) is -0.0727. The Labute approximate surface area is 274 Å². The third kappa shape index (κ3) is 11.5. The summed E-state index contributed by atoms with van der Waals surface area (Å²) < 4.78 is 11.3. The zero-order valence-electron chi connectivity index (χ0n) is 26.6. The average molecular weight is 637 g/mol. The van der Waals surface area contributed by atoms with Gasteiger partial charge in [-0.1, -0.05) is 60.7 Å². The topological polar surface area (TPSA) is 131 Å². The van der Waals surface area contributed by atoms with E-state index in [4.69, 9.17) is 9.47 Å². The molecule has 3 atom stereocenters. The lowest BCUT2D eigenvalue weighted by molar-refractivity contribution is -0.126. The van der Waals surface area contributed by atoms with Crippen LogP contribution in [0.2, 0.25) is 0 Å². The second-order valence-corrected chi connectivity index (χ2v) is 11.4. The predicted octanol–water partition coefficient (Wildman–Crippen LogP) is 4.76. The SMILES string of the molecule is CC(=O)c1ccc(OCC(=O)N[C@@H](Cc2ccccc2)C[C@H](O)[C@H](Cc2ccccc2)NC(=O)COc2ccc(C(C)=O)cc2)cc1. The molecule has 4 aromatic carbocycles. The first kappa shape index (κ1) is 34.6. The Morgan fingerprint density at radius 3 is 1.47 bits per heavy atom. The van der Waals surface area contributed by atoms with E-state index in [1.165, 1.54) is 13.8 Å². The molecule has 4 rings (SSSR count). The van der Waals surface area contributed by atoms with Gasteiger partial charge in [0.05, 0.1) is 12.1 Å². The minimum absolute atomic E-state index is 0.0636. The number of carbonyl (C=O) groups excluding carboxylic acids is 4. The minimum atomic E-state index is -1.02. The van der Waals surface area contributed by atoms with Gasteiger partial charge in [-0.2, -0.15) is 0 Å². The number of aliphatic hydroxyl groups excluding tert-OH is 1. The molecule has 0 fully saturated rings. The Balaban J connectivity index is 1.42. The van der Waals surface area contributed by atoms with Gasteiger partial charge in [0.1, 0.15) is 11.5 Å². The molecule has 9 nitrogen and oxygen atoms in total. The molecule has 0 aliphatic rings. The van der Waals surface area contributed by atoms with Gasteiger partial charge >= 0.3 is 0 Å². The van der Waals surface area contributed by atoms with Gasteiger partial charge in [0.15, 0.2) is 24.8 Å². The first-order valence-corrected chi connectivity index (χ1v) is 15.5. The van der Waals surface area contributed by atoms with Crippen LogP contribution in [0.25, 0.3) is 0 Å². The predicted molar refractivity (Wildman–Crippen MR) is 179 cm³/mol. The van der Waals surface area contributed by atoms with Crippen LogP contribution >= 0.6 is 0 Å². The van der Waals surface area contributed by atoms with Crippen LogP contribution in [0, 0.1) is 0 Å². The van der Waals surface area contributed by atoms with Gasteiger partial charge in [0.2, 0.25) is 0 Å². The largest absolute Gasteiger partial charge is 0.484 e. The summed E-state index contributed by atoms with van der Waals surface area (Å²) >= 11 is 0. The van der Waals surface area contributed by atoms with Crippen molar-refractivity contribution in [2.24, 2.45) is 0 Å². The van der Waals surface area contributed by atoms with Crippen molar-refractivity contribution >= 4 is 23.4 Å². The summed E-state index contributed by atoms with van der Waals surface area (Å²) in [6.45, 7) is 2.41. The maximum absolute atomic E-state index is 13.0. The number of hydrogen-bond donors (Lipinski definition) is 3. The number of nitrogens with one attached hydrogen (secondary N) is 2. The Morgan fingerprint density at radius 1 is 0.596 bits per heavy atom. The first-order chi connectivity index (χ1) is 22.7. The smallest absolute Gasteiger partial charge is 0.258 e. The standard InChI is InChI=1S/C38H40N2O7/c1-26(41)30-13-17-33(18-14-30)46-24-37(44)39-32(21-28-9-5-3-6-10-28)23-36(43)35(22-29-11-7-4-8-12-29)40-38(45)25-47-34-19-15-31(16-20-34)27(2)42/h3-20,32,35-36,43H,21-25H2,1-2H3,(H,39,44)(H,40,45)/t32-,35-,36-/m0/s1. The summed E-state index contributed by atoms with van der Waals surface area (Å²) in [4.78, 5) is 49.1. The zero-order chi connectivity index (χ0) is 33.6. The van der Waals surface area contributed by atoms with Crippen molar-refractivity contribution in [3.63, 3.8) is 0 Å². The van der Waals surface area contributed by atoms with Gasteiger partial charge in [-0.25, -0.2) is 0 Å². The number of hydrogen-bond acceptors (Lipinski definition) is 7. The summed E-state index contributed by atoms with van der Waals surface area (Å²) in [5, 5.41) is 17.4. The number of amides is 2.